The molecule has 21 nitrogen and oxygen atoms in total. The Labute approximate surface area is 566 Å². The van der Waals surface area contributed by atoms with Crippen LogP contribution in [0.2, 0.25) is 5.02 Å². The lowest BCUT2D eigenvalue weighted by atomic mass is 10.1. The third kappa shape index (κ3) is 14.1. The largest absolute Gasteiger partial charge is 0.383 e. The van der Waals surface area contributed by atoms with Gasteiger partial charge in [-0.05, 0) is 123 Å². The highest BCUT2D eigenvalue weighted by molar-refractivity contribution is 6.30. The van der Waals surface area contributed by atoms with E-state index in [1.54, 1.807) is 18.2 Å². The number of amides is 3. The fourth-order valence-corrected chi connectivity index (χ4v) is 13.7. The average Bonchev–Trinajstić information content (AvgIpc) is 1.63. The molecule has 6 aromatic carbocycles. The van der Waals surface area contributed by atoms with Gasteiger partial charge in [0.1, 0.15) is 53.5 Å². The van der Waals surface area contributed by atoms with Crippen LogP contribution in [0.5, 0.6) is 0 Å². The second-order valence-electron chi connectivity index (χ2n) is 25.3. The Balaban J connectivity index is 0.000000131. The molecule has 3 amide bonds. The predicted molar refractivity (Wildman–Crippen MR) is 380 cm³/mol. The monoisotopic (exact) mass is 1310 g/mol. The van der Waals surface area contributed by atoms with Crippen LogP contribution < -0.4 is 33.2 Å². The van der Waals surface area contributed by atoms with Gasteiger partial charge in [-0.2, -0.15) is 15.3 Å². The molecule has 3 aliphatic carbocycles. The molecule has 6 aromatic heterocycles. The molecule has 97 heavy (non-hydrogen) atoms. The van der Waals surface area contributed by atoms with E-state index in [4.69, 9.17) is 44.1 Å². The quantitative estimate of drug-likeness (QED) is 0.0556. The van der Waals surface area contributed by atoms with Gasteiger partial charge in [0.05, 0.1) is 34.3 Å². The summed E-state index contributed by atoms with van der Waals surface area (Å²) >= 11 is 5.99. The standard InChI is InChI=1S/C25H25ClN6O.2C25H26N6O/c1-15-12-18(26)10-11-20(15)25(33)28-13-16-6-8-17(9-7-16)22-21-23(27)29-14-30-24(21)32(31-22)19-4-2-3-5-19;2*1-16-6-2-5-9-20(16)25(32)27-14-17-10-12-18(13-11-17)22-21-23(26)28-15-29-24(21)31(30-22)19-7-3-4-8-19/h6-12,14,19H,2-5,13H2,1H3,(H,28,33)(H2,27,29,30);2*2,5-6,9-13,15,19H,3-4,7-8,14H2,1H3,(H,27,32)(H2,26,28,29). The number of carbonyl (C=O) groups excluding carboxylic acids is 3. The van der Waals surface area contributed by atoms with Crippen LogP contribution in [0.3, 0.4) is 0 Å². The second-order valence-corrected chi connectivity index (χ2v) is 25.7. The van der Waals surface area contributed by atoms with Crippen molar-refractivity contribution in [3.63, 3.8) is 0 Å². The number of benzene rings is 6. The van der Waals surface area contributed by atoms with Crippen LogP contribution in [0.1, 0.15) is 160 Å². The summed E-state index contributed by atoms with van der Waals surface area (Å²) in [6.45, 7) is 7.08. The van der Waals surface area contributed by atoms with E-state index in [0.29, 0.717) is 76.9 Å². The second kappa shape index (κ2) is 29.0. The molecule has 9 N–H and O–H groups in total. The lowest BCUT2D eigenvalue weighted by molar-refractivity contribution is 0.0942. The lowest BCUT2D eigenvalue weighted by Gasteiger charge is -2.10. The number of nitrogens with zero attached hydrogens (tertiary/aromatic N) is 12. The van der Waals surface area contributed by atoms with Crippen molar-refractivity contribution in [2.24, 2.45) is 0 Å². The summed E-state index contributed by atoms with van der Waals surface area (Å²) in [5.74, 6) is 1.07. The summed E-state index contributed by atoms with van der Waals surface area (Å²) in [4.78, 5) is 63.6. The third-order valence-corrected chi connectivity index (χ3v) is 19.1. The molecule has 0 radical (unpaired) electrons. The minimum Gasteiger partial charge on any atom is -0.383 e. The van der Waals surface area contributed by atoms with Gasteiger partial charge in [-0.15, -0.1) is 0 Å². The van der Waals surface area contributed by atoms with E-state index in [1.807, 2.05) is 156 Å². The van der Waals surface area contributed by atoms with Gasteiger partial charge in [0.15, 0.2) is 16.9 Å². The van der Waals surface area contributed by atoms with Crippen molar-refractivity contribution in [1.29, 1.82) is 0 Å². The molecule has 0 spiro atoms. The van der Waals surface area contributed by atoms with E-state index < -0.39 is 0 Å². The van der Waals surface area contributed by atoms with E-state index >= 15 is 0 Å². The maximum absolute atomic E-state index is 12.6. The number of nitrogens with one attached hydrogen (secondary N) is 3. The number of fused-ring (bicyclic) bond motifs is 3. The summed E-state index contributed by atoms with van der Waals surface area (Å²) in [5, 5.41) is 26.7. The van der Waals surface area contributed by atoms with Crippen molar-refractivity contribution in [2.45, 2.75) is 136 Å². The van der Waals surface area contributed by atoms with Gasteiger partial charge in [-0.1, -0.05) is 159 Å². The summed E-state index contributed by atoms with van der Waals surface area (Å²) in [7, 11) is 0. The molecule has 3 saturated carbocycles. The highest BCUT2D eigenvalue weighted by atomic mass is 35.5. The smallest absolute Gasteiger partial charge is 0.251 e. The Bertz CT molecular complexity index is 4630. The van der Waals surface area contributed by atoms with E-state index in [2.05, 4.69) is 45.9 Å². The first-order valence-corrected chi connectivity index (χ1v) is 33.6. The first-order valence-electron chi connectivity index (χ1n) is 33.2. The van der Waals surface area contributed by atoms with Crippen molar-refractivity contribution in [3.05, 3.63) is 214 Å². The Morgan fingerprint density at radius 3 is 1.00 bits per heavy atom. The molecular weight excluding hydrogens is 1240 g/mol. The highest BCUT2D eigenvalue weighted by Crippen LogP contribution is 2.40. The molecule has 6 heterocycles. The van der Waals surface area contributed by atoms with Crippen LogP contribution in [0.15, 0.2) is 159 Å². The van der Waals surface area contributed by atoms with Crippen molar-refractivity contribution < 1.29 is 14.4 Å². The zero-order valence-electron chi connectivity index (χ0n) is 54.6. The maximum atomic E-state index is 12.6. The Morgan fingerprint density at radius 1 is 0.402 bits per heavy atom. The Hall–Kier alpha value is -10.9. The van der Waals surface area contributed by atoms with Crippen LogP contribution in [0.4, 0.5) is 17.5 Å². The van der Waals surface area contributed by atoms with Gasteiger partial charge in [-0.25, -0.2) is 43.9 Å². The van der Waals surface area contributed by atoms with E-state index in [9.17, 15) is 14.4 Å². The molecule has 22 heteroatoms. The lowest BCUT2D eigenvalue weighted by Crippen LogP contribution is -2.23. The molecular formula is C75H77ClN18O3. The van der Waals surface area contributed by atoms with E-state index in [0.717, 1.165) is 139 Å². The van der Waals surface area contributed by atoms with Crippen LogP contribution >= 0.6 is 11.6 Å². The van der Waals surface area contributed by atoms with Gasteiger partial charge >= 0.3 is 0 Å². The third-order valence-electron chi connectivity index (χ3n) is 18.8. The number of aromatic nitrogens is 12. The first kappa shape index (κ1) is 64.8. The number of nitrogen functional groups attached to an aromatic ring is 3. The molecule has 0 atom stereocenters. The number of halogens is 1. The summed E-state index contributed by atoms with van der Waals surface area (Å²) in [6, 6.07) is 45.6. The minimum absolute atomic E-state index is 0.0709. The molecule has 3 aliphatic rings. The highest BCUT2D eigenvalue weighted by Gasteiger charge is 2.28. The molecule has 0 saturated heterocycles. The number of anilines is 3. The number of aryl methyl sites for hydroxylation is 3. The van der Waals surface area contributed by atoms with Gasteiger partial charge in [0.2, 0.25) is 0 Å². The molecule has 12 aromatic rings. The fourth-order valence-electron chi connectivity index (χ4n) is 13.5. The van der Waals surface area contributed by atoms with Crippen molar-refractivity contribution in [3.8, 4) is 33.8 Å². The van der Waals surface area contributed by atoms with Crippen LogP contribution in [0, 0.1) is 20.8 Å². The molecule has 15 rings (SSSR count). The van der Waals surface area contributed by atoms with Crippen LogP contribution in [0.25, 0.3) is 66.9 Å². The number of hydrogen-bond donors (Lipinski definition) is 6. The Morgan fingerprint density at radius 2 is 0.701 bits per heavy atom. The van der Waals surface area contributed by atoms with Crippen molar-refractivity contribution in [2.75, 3.05) is 17.2 Å². The van der Waals surface area contributed by atoms with Gasteiger partial charge in [0, 0.05) is 58.0 Å². The van der Waals surface area contributed by atoms with Crippen molar-refractivity contribution >= 4 is 79.9 Å². The zero-order valence-corrected chi connectivity index (χ0v) is 55.3. The van der Waals surface area contributed by atoms with E-state index in [1.165, 1.54) is 57.5 Å². The molecule has 0 aliphatic heterocycles. The zero-order chi connectivity index (χ0) is 67.1. The van der Waals surface area contributed by atoms with Crippen LogP contribution in [-0.4, -0.2) is 77.0 Å². The fraction of sp³-hybridized carbons (Fsp3) is 0.280. The summed E-state index contributed by atoms with van der Waals surface area (Å²) in [6.07, 6.45) is 18.4. The Kier molecular flexibility index (Phi) is 19.3. The van der Waals surface area contributed by atoms with Crippen LogP contribution in [-0.2, 0) is 19.6 Å². The topological polar surface area (TPSA) is 296 Å². The van der Waals surface area contributed by atoms with Crippen molar-refractivity contribution in [1.82, 2.24) is 75.2 Å². The number of nitrogens with two attached hydrogens (primary N) is 3. The van der Waals surface area contributed by atoms with E-state index in [-0.39, 0.29) is 17.7 Å². The predicted octanol–water partition coefficient (Wildman–Crippen LogP) is 13.9. The summed E-state index contributed by atoms with van der Waals surface area (Å²) < 4.78 is 6.09. The normalized spacial score (nSPS) is 14.1. The number of carbonyl (C=O) groups is 3. The van der Waals surface area contributed by atoms with Gasteiger partial charge < -0.3 is 33.2 Å². The number of rotatable bonds is 15. The number of hydrogen-bond acceptors (Lipinski definition) is 15. The summed E-state index contributed by atoms with van der Waals surface area (Å²) in [5.41, 5.74) is 34.2. The molecule has 0 unspecified atom stereocenters. The van der Waals surface area contributed by atoms with Gasteiger partial charge in [-0.3, -0.25) is 14.4 Å². The SMILES string of the molecule is Cc1cc(Cl)ccc1C(=O)NCc1ccc(-c2nn(C3CCCC3)c3ncnc(N)c23)cc1.Cc1ccccc1C(=O)NCc1ccc(-c2nn(C3CCCC3)c3ncnc(N)c23)cc1.Cc1ccccc1C(=O)NCc1ccc(-c2nn(C3CCCC3)c3ncnc(N)c23)cc1. The molecule has 0 bridgehead atoms. The molecule has 492 valence electrons. The minimum atomic E-state index is -0.125. The van der Waals surface area contributed by atoms with Gasteiger partial charge in [0.25, 0.3) is 17.7 Å². The maximum Gasteiger partial charge on any atom is 0.251 e. The molecule has 3 fully saturated rings. The average molecular weight is 1310 g/mol. The first-order chi connectivity index (χ1) is 47.2.